The zero-order chi connectivity index (χ0) is 20.9. The van der Waals surface area contributed by atoms with Gasteiger partial charge in [0.1, 0.15) is 17.2 Å². The Bertz CT molecular complexity index is 1150. The van der Waals surface area contributed by atoms with E-state index in [1.54, 1.807) is 6.08 Å². The fourth-order valence-electron chi connectivity index (χ4n) is 3.55. The number of imidazole rings is 1. The number of nitrogens with zero attached hydrogens (tertiary/aromatic N) is 2. The Labute approximate surface area is 176 Å². The van der Waals surface area contributed by atoms with E-state index in [1.807, 2.05) is 103 Å². The summed E-state index contributed by atoms with van der Waals surface area (Å²) in [6, 6.07) is 29.2. The third kappa shape index (κ3) is 3.80. The summed E-state index contributed by atoms with van der Waals surface area (Å²) < 4.78 is 1.86. The first-order chi connectivity index (χ1) is 14.7. The second-order valence-electron chi connectivity index (χ2n) is 7.02. The molecule has 0 aliphatic rings. The zero-order valence-corrected chi connectivity index (χ0v) is 16.8. The molecule has 0 fully saturated rings. The molecular weight excluding hydrogens is 370 g/mol. The lowest BCUT2D eigenvalue weighted by molar-refractivity contribution is 0.0937. The highest BCUT2D eigenvalue weighted by Gasteiger charge is 2.24. The van der Waals surface area contributed by atoms with Gasteiger partial charge in [-0.25, -0.2) is 4.98 Å². The van der Waals surface area contributed by atoms with Gasteiger partial charge in [-0.3, -0.25) is 4.79 Å². The lowest BCUT2D eigenvalue weighted by Gasteiger charge is -2.16. The van der Waals surface area contributed by atoms with E-state index in [1.165, 1.54) is 0 Å². The summed E-state index contributed by atoms with van der Waals surface area (Å²) in [5.74, 6) is 0.550. The van der Waals surface area contributed by atoms with Crippen LogP contribution in [-0.4, -0.2) is 15.5 Å². The normalized spacial score (nSPS) is 11.6. The van der Waals surface area contributed by atoms with Crippen LogP contribution in [-0.2, 0) is 7.05 Å². The van der Waals surface area contributed by atoms with Gasteiger partial charge >= 0.3 is 0 Å². The predicted octanol–water partition coefficient (Wildman–Crippen LogP) is 5.41. The van der Waals surface area contributed by atoms with Gasteiger partial charge in [-0.15, -0.1) is 6.58 Å². The second kappa shape index (κ2) is 8.62. The van der Waals surface area contributed by atoms with Gasteiger partial charge in [0, 0.05) is 18.2 Å². The van der Waals surface area contributed by atoms with E-state index in [4.69, 9.17) is 4.98 Å². The highest BCUT2D eigenvalue weighted by molar-refractivity contribution is 5.99. The Morgan fingerprint density at radius 2 is 1.43 bits per heavy atom. The second-order valence-corrected chi connectivity index (χ2v) is 7.02. The predicted molar refractivity (Wildman–Crippen MR) is 121 cm³/mol. The highest BCUT2D eigenvalue weighted by atomic mass is 16.2. The number of carbonyl (C=O) groups is 1. The Hall–Kier alpha value is -3.92. The van der Waals surface area contributed by atoms with Gasteiger partial charge < -0.3 is 9.88 Å². The summed E-state index contributed by atoms with van der Waals surface area (Å²) in [5.41, 5.74) is 4.01. The van der Waals surface area contributed by atoms with Crippen molar-refractivity contribution < 1.29 is 4.79 Å². The molecule has 1 N–H and O–H groups in total. The molecule has 0 spiro atoms. The first-order valence-electron chi connectivity index (χ1n) is 9.85. The van der Waals surface area contributed by atoms with Crippen LogP contribution < -0.4 is 5.32 Å². The molecule has 4 heteroatoms. The third-order valence-electron chi connectivity index (χ3n) is 5.07. The molecule has 1 unspecified atom stereocenters. The number of benzene rings is 3. The molecule has 30 heavy (non-hydrogen) atoms. The van der Waals surface area contributed by atoms with Crippen LogP contribution in [0.15, 0.2) is 104 Å². The topological polar surface area (TPSA) is 46.9 Å². The van der Waals surface area contributed by atoms with Crippen molar-refractivity contribution in [2.24, 2.45) is 7.05 Å². The number of hydrogen-bond acceptors (Lipinski definition) is 2. The van der Waals surface area contributed by atoms with Crippen molar-refractivity contribution in [3.63, 3.8) is 0 Å². The van der Waals surface area contributed by atoms with Crippen LogP contribution in [0.5, 0.6) is 0 Å². The Kier molecular flexibility index (Phi) is 5.57. The van der Waals surface area contributed by atoms with Gasteiger partial charge in [0.25, 0.3) is 5.91 Å². The van der Waals surface area contributed by atoms with Gasteiger partial charge in [-0.2, -0.15) is 0 Å². The minimum Gasteiger partial charge on any atom is -0.340 e. The van der Waals surface area contributed by atoms with E-state index in [0.717, 1.165) is 22.5 Å². The summed E-state index contributed by atoms with van der Waals surface area (Å²) in [6.07, 6.45) is 1.74. The number of amides is 1. The molecule has 0 aliphatic carbocycles. The SMILES string of the molecule is C=CC(NC(=O)c1c(-c2ccccc2)nc(-c2ccccc2)n1C)c1ccccc1. The van der Waals surface area contributed by atoms with Gasteiger partial charge in [0.2, 0.25) is 0 Å². The molecule has 4 nitrogen and oxygen atoms in total. The fourth-order valence-corrected chi connectivity index (χ4v) is 3.55. The lowest BCUT2D eigenvalue weighted by Crippen LogP contribution is -2.29. The van der Waals surface area contributed by atoms with E-state index in [0.29, 0.717) is 11.4 Å². The van der Waals surface area contributed by atoms with Crippen molar-refractivity contribution in [1.82, 2.24) is 14.9 Å². The van der Waals surface area contributed by atoms with Crippen molar-refractivity contribution in [2.45, 2.75) is 6.04 Å². The zero-order valence-electron chi connectivity index (χ0n) is 16.8. The first kappa shape index (κ1) is 19.4. The van der Waals surface area contributed by atoms with Crippen LogP contribution in [0, 0.1) is 0 Å². The molecule has 148 valence electrons. The summed E-state index contributed by atoms with van der Waals surface area (Å²) in [4.78, 5) is 18.3. The van der Waals surface area contributed by atoms with Gasteiger partial charge in [-0.05, 0) is 5.56 Å². The van der Waals surface area contributed by atoms with E-state index >= 15 is 0 Å². The number of hydrogen-bond donors (Lipinski definition) is 1. The van der Waals surface area contributed by atoms with E-state index < -0.39 is 0 Å². The molecule has 1 aromatic heterocycles. The minimum absolute atomic E-state index is 0.195. The van der Waals surface area contributed by atoms with Crippen LogP contribution in [0.2, 0.25) is 0 Å². The maximum absolute atomic E-state index is 13.4. The van der Waals surface area contributed by atoms with Crippen molar-refractivity contribution in [2.75, 3.05) is 0 Å². The molecule has 4 rings (SSSR count). The van der Waals surface area contributed by atoms with E-state index in [2.05, 4.69) is 11.9 Å². The highest BCUT2D eigenvalue weighted by Crippen LogP contribution is 2.29. The monoisotopic (exact) mass is 393 g/mol. The van der Waals surface area contributed by atoms with Gasteiger partial charge in [0.15, 0.2) is 0 Å². The van der Waals surface area contributed by atoms with Crippen LogP contribution in [0.3, 0.4) is 0 Å². The van der Waals surface area contributed by atoms with Crippen LogP contribution in [0.25, 0.3) is 22.6 Å². The molecule has 3 aromatic carbocycles. The molecule has 0 saturated carbocycles. The van der Waals surface area contributed by atoms with Gasteiger partial charge in [-0.1, -0.05) is 97.1 Å². The quantitative estimate of drug-likeness (QED) is 0.445. The van der Waals surface area contributed by atoms with Crippen LogP contribution in [0.1, 0.15) is 22.1 Å². The molecule has 1 atom stereocenters. The van der Waals surface area contributed by atoms with Crippen LogP contribution in [0.4, 0.5) is 0 Å². The number of rotatable bonds is 6. The molecule has 1 heterocycles. The number of aromatic nitrogens is 2. The maximum atomic E-state index is 13.4. The lowest BCUT2D eigenvalue weighted by atomic mass is 10.1. The van der Waals surface area contributed by atoms with Crippen LogP contribution >= 0.6 is 0 Å². The Balaban J connectivity index is 1.78. The van der Waals surface area contributed by atoms with Crippen molar-refractivity contribution in [1.29, 1.82) is 0 Å². The van der Waals surface area contributed by atoms with Gasteiger partial charge in [0.05, 0.1) is 6.04 Å². The minimum atomic E-state index is -0.294. The number of nitrogens with one attached hydrogen (secondary N) is 1. The van der Waals surface area contributed by atoms with E-state index in [-0.39, 0.29) is 11.9 Å². The van der Waals surface area contributed by atoms with Crippen molar-refractivity contribution in [3.8, 4) is 22.6 Å². The Morgan fingerprint density at radius 1 is 0.900 bits per heavy atom. The summed E-state index contributed by atoms with van der Waals surface area (Å²) >= 11 is 0. The third-order valence-corrected chi connectivity index (χ3v) is 5.07. The van der Waals surface area contributed by atoms with E-state index in [9.17, 15) is 4.79 Å². The molecule has 4 aromatic rings. The molecule has 0 radical (unpaired) electrons. The molecular formula is C26H23N3O. The Morgan fingerprint density at radius 3 is 2.00 bits per heavy atom. The summed E-state index contributed by atoms with van der Waals surface area (Å²) in [6.45, 7) is 3.90. The molecule has 0 aliphatic heterocycles. The van der Waals surface area contributed by atoms with Crippen molar-refractivity contribution in [3.05, 3.63) is 115 Å². The summed E-state index contributed by atoms with van der Waals surface area (Å²) in [7, 11) is 1.88. The smallest absolute Gasteiger partial charge is 0.270 e. The summed E-state index contributed by atoms with van der Waals surface area (Å²) in [5, 5.41) is 3.10. The molecule has 1 amide bonds. The number of carbonyl (C=O) groups excluding carboxylic acids is 1. The standard InChI is InChI=1S/C26H23N3O/c1-3-22(19-13-7-4-8-14-19)27-26(30)24-23(20-15-9-5-10-16-20)28-25(29(24)2)21-17-11-6-12-18-21/h3-18,22H,1H2,2H3,(H,27,30). The molecule has 0 saturated heterocycles. The fraction of sp³-hybridized carbons (Fsp3) is 0.0769. The van der Waals surface area contributed by atoms with Crippen molar-refractivity contribution >= 4 is 5.91 Å². The first-order valence-corrected chi connectivity index (χ1v) is 9.85. The largest absolute Gasteiger partial charge is 0.340 e. The molecule has 0 bridgehead atoms. The average molecular weight is 393 g/mol. The average Bonchev–Trinajstić information content (AvgIpc) is 3.16. The maximum Gasteiger partial charge on any atom is 0.270 e.